The fourth-order valence-corrected chi connectivity index (χ4v) is 4.52. The van der Waals surface area contributed by atoms with Gasteiger partial charge in [-0.15, -0.1) is 0 Å². The Morgan fingerprint density at radius 2 is 1.96 bits per heavy atom. The van der Waals surface area contributed by atoms with Crippen LogP contribution >= 0.6 is 0 Å². The molecule has 2 atom stereocenters. The predicted octanol–water partition coefficient (Wildman–Crippen LogP) is 2.96. The first kappa shape index (κ1) is 16.5. The Balaban J connectivity index is 1.74. The molecule has 4 heteroatoms. The second-order valence-electron chi connectivity index (χ2n) is 6.95. The molecule has 3 rings (SSSR count). The molecule has 0 aliphatic heterocycles. The molecule has 0 bridgehead atoms. The van der Waals surface area contributed by atoms with E-state index in [1.807, 2.05) is 36.2 Å². The van der Waals surface area contributed by atoms with Gasteiger partial charge in [0.15, 0.2) is 0 Å². The summed E-state index contributed by atoms with van der Waals surface area (Å²) >= 11 is 0. The standard InChI is InChI=1S/C19H28N2O2/c1-3-23-17-12-16(19(17)10-4-5-11-19)21(2)18(22)15-8-6-14(13-20)7-9-15/h6-9,16-17H,3-5,10-13,20H2,1-2H3/t16-,17+/m1/s1. The van der Waals surface area contributed by atoms with Crippen molar-refractivity contribution in [2.75, 3.05) is 13.7 Å². The van der Waals surface area contributed by atoms with E-state index in [9.17, 15) is 4.79 Å². The van der Waals surface area contributed by atoms with Crippen molar-refractivity contribution in [1.29, 1.82) is 0 Å². The van der Waals surface area contributed by atoms with E-state index in [1.54, 1.807) is 0 Å². The maximum Gasteiger partial charge on any atom is 0.253 e. The fourth-order valence-electron chi connectivity index (χ4n) is 4.52. The van der Waals surface area contributed by atoms with Gasteiger partial charge >= 0.3 is 0 Å². The minimum atomic E-state index is 0.111. The lowest BCUT2D eigenvalue weighted by atomic mass is 9.60. The minimum absolute atomic E-state index is 0.111. The van der Waals surface area contributed by atoms with Crippen LogP contribution in [0.2, 0.25) is 0 Å². The number of hydrogen-bond acceptors (Lipinski definition) is 3. The quantitative estimate of drug-likeness (QED) is 0.908. The van der Waals surface area contributed by atoms with Gasteiger partial charge < -0.3 is 15.4 Å². The summed E-state index contributed by atoms with van der Waals surface area (Å²) in [4.78, 5) is 14.8. The third-order valence-electron chi connectivity index (χ3n) is 5.87. The van der Waals surface area contributed by atoms with Gasteiger partial charge in [0, 0.05) is 37.2 Å². The van der Waals surface area contributed by atoms with E-state index in [-0.39, 0.29) is 11.3 Å². The molecule has 126 valence electrons. The van der Waals surface area contributed by atoms with E-state index >= 15 is 0 Å². The Labute approximate surface area is 139 Å². The Morgan fingerprint density at radius 3 is 2.52 bits per heavy atom. The summed E-state index contributed by atoms with van der Waals surface area (Å²) in [6.07, 6.45) is 6.19. The van der Waals surface area contributed by atoms with Crippen LogP contribution in [0.5, 0.6) is 0 Å². The van der Waals surface area contributed by atoms with Crippen LogP contribution in [0, 0.1) is 5.41 Å². The van der Waals surface area contributed by atoms with Gasteiger partial charge in [0.25, 0.3) is 5.91 Å². The molecule has 2 saturated carbocycles. The minimum Gasteiger partial charge on any atom is -0.378 e. The fraction of sp³-hybridized carbons (Fsp3) is 0.632. The molecule has 2 fully saturated rings. The second-order valence-corrected chi connectivity index (χ2v) is 6.95. The Morgan fingerprint density at radius 1 is 1.30 bits per heavy atom. The number of carbonyl (C=O) groups excluding carboxylic acids is 1. The summed E-state index contributed by atoms with van der Waals surface area (Å²) in [6.45, 7) is 3.33. The highest BCUT2D eigenvalue weighted by Gasteiger charge is 2.58. The molecule has 2 N–H and O–H groups in total. The van der Waals surface area contributed by atoms with Crippen molar-refractivity contribution >= 4 is 5.91 Å². The largest absolute Gasteiger partial charge is 0.378 e. The van der Waals surface area contributed by atoms with Crippen LogP contribution in [0.3, 0.4) is 0 Å². The number of amides is 1. The predicted molar refractivity (Wildman–Crippen MR) is 91.1 cm³/mol. The summed E-state index contributed by atoms with van der Waals surface area (Å²) in [5.74, 6) is 0.111. The summed E-state index contributed by atoms with van der Waals surface area (Å²) in [5.41, 5.74) is 7.62. The number of carbonyl (C=O) groups is 1. The zero-order chi connectivity index (χ0) is 16.4. The summed E-state index contributed by atoms with van der Waals surface area (Å²) in [6, 6.07) is 7.97. The van der Waals surface area contributed by atoms with Gasteiger partial charge in [-0.3, -0.25) is 4.79 Å². The Hall–Kier alpha value is -1.39. The van der Waals surface area contributed by atoms with Gasteiger partial charge in [-0.1, -0.05) is 25.0 Å². The van der Waals surface area contributed by atoms with Gasteiger partial charge in [0.05, 0.1) is 6.10 Å². The van der Waals surface area contributed by atoms with Crippen molar-refractivity contribution in [2.45, 2.75) is 57.7 Å². The molecular weight excluding hydrogens is 288 g/mol. The average molecular weight is 316 g/mol. The van der Waals surface area contributed by atoms with Crippen LogP contribution in [0.25, 0.3) is 0 Å². The molecule has 0 radical (unpaired) electrons. The number of rotatable bonds is 5. The molecule has 2 aliphatic rings. The monoisotopic (exact) mass is 316 g/mol. The average Bonchev–Trinajstić information content (AvgIpc) is 3.10. The number of nitrogens with zero attached hydrogens (tertiary/aromatic N) is 1. The van der Waals surface area contributed by atoms with Crippen molar-refractivity contribution in [2.24, 2.45) is 11.1 Å². The SMILES string of the molecule is CCO[C@H]1C[C@@H](N(C)C(=O)c2ccc(CN)cc2)C12CCCC2. The van der Waals surface area contributed by atoms with Gasteiger partial charge in [0.1, 0.15) is 0 Å². The molecule has 1 aromatic carbocycles. The lowest BCUT2D eigenvalue weighted by Crippen LogP contribution is -2.64. The molecule has 0 unspecified atom stereocenters. The smallest absolute Gasteiger partial charge is 0.253 e. The molecular formula is C19H28N2O2. The lowest BCUT2D eigenvalue weighted by molar-refractivity contribution is -0.152. The first-order valence-corrected chi connectivity index (χ1v) is 8.80. The first-order chi connectivity index (χ1) is 11.1. The van der Waals surface area contributed by atoms with Crippen LogP contribution in [0.4, 0.5) is 0 Å². The van der Waals surface area contributed by atoms with E-state index < -0.39 is 0 Å². The van der Waals surface area contributed by atoms with Gasteiger partial charge in [-0.2, -0.15) is 0 Å². The van der Waals surface area contributed by atoms with Crippen molar-refractivity contribution in [3.63, 3.8) is 0 Å². The maximum atomic E-state index is 12.8. The zero-order valence-corrected chi connectivity index (χ0v) is 14.3. The molecule has 0 heterocycles. The van der Waals surface area contributed by atoms with E-state index in [2.05, 4.69) is 6.92 Å². The number of benzene rings is 1. The van der Waals surface area contributed by atoms with E-state index in [1.165, 1.54) is 25.7 Å². The highest BCUT2D eigenvalue weighted by Crippen LogP contribution is 2.56. The number of nitrogens with two attached hydrogens (primary N) is 1. The van der Waals surface area contributed by atoms with Gasteiger partial charge in [0.2, 0.25) is 0 Å². The molecule has 1 aromatic rings. The Kier molecular flexibility index (Phi) is 4.74. The number of ether oxygens (including phenoxy) is 1. The molecule has 0 saturated heterocycles. The van der Waals surface area contributed by atoms with Crippen LogP contribution in [0.15, 0.2) is 24.3 Å². The van der Waals surface area contributed by atoms with Crippen molar-refractivity contribution < 1.29 is 9.53 Å². The first-order valence-electron chi connectivity index (χ1n) is 8.80. The van der Waals surface area contributed by atoms with Crippen molar-refractivity contribution in [1.82, 2.24) is 4.90 Å². The van der Waals surface area contributed by atoms with Crippen molar-refractivity contribution in [3.05, 3.63) is 35.4 Å². The molecule has 4 nitrogen and oxygen atoms in total. The molecule has 2 aliphatic carbocycles. The topological polar surface area (TPSA) is 55.6 Å². The second kappa shape index (κ2) is 6.62. The Bertz CT molecular complexity index is 549. The van der Waals surface area contributed by atoms with Crippen LogP contribution in [-0.2, 0) is 11.3 Å². The molecule has 1 spiro atoms. The van der Waals surface area contributed by atoms with Gasteiger partial charge in [-0.25, -0.2) is 0 Å². The molecule has 1 amide bonds. The van der Waals surface area contributed by atoms with E-state index in [0.29, 0.717) is 18.7 Å². The third kappa shape index (κ3) is 2.79. The van der Waals surface area contributed by atoms with E-state index in [0.717, 1.165) is 24.2 Å². The van der Waals surface area contributed by atoms with E-state index in [4.69, 9.17) is 10.5 Å². The van der Waals surface area contributed by atoms with Crippen LogP contribution in [-0.4, -0.2) is 36.6 Å². The maximum absolute atomic E-state index is 12.8. The third-order valence-corrected chi connectivity index (χ3v) is 5.87. The zero-order valence-electron chi connectivity index (χ0n) is 14.3. The van der Waals surface area contributed by atoms with Crippen LogP contribution < -0.4 is 5.73 Å². The summed E-state index contributed by atoms with van der Waals surface area (Å²) < 4.78 is 5.96. The molecule has 0 aromatic heterocycles. The number of hydrogen-bond donors (Lipinski definition) is 1. The van der Waals surface area contributed by atoms with Crippen LogP contribution in [0.1, 0.15) is 54.9 Å². The highest BCUT2D eigenvalue weighted by atomic mass is 16.5. The van der Waals surface area contributed by atoms with Gasteiger partial charge in [-0.05, 0) is 43.9 Å². The highest BCUT2D eigenvalue weighted by molar-refractivity contribution is 5.94. The molecule has 23 heavy (non-hydrogen) atoms. The lowest BCUT2D eigenvalue weighted by Gasteiger charge is -2.57. The summed E-state index contributed by atoms with van der Waals surface area (Å²) in [5, 5.41) is 0. The normalized spacial score (nSPS) is 25.3. The summed E-state index contributed by atoms with van der Waals surface area (Å²) in [7, 11) is 1.95. The van der Waals surface area contributed by atoms with Crippen molar-refractivity contribution in [3.8, 4) is 0 Å².